The smallest absolute Gasteiger partial charge is 0.407 e. The molecular formula is C37H51N3O12. The van der Waals surface area contributed by atoms with E-state index >= 15 is 0 Å². The molecule has 2 aliphatic rings. The predicted molar refractivity (Wildman–Crippen MR) is 188 cm³/mol. The van der Waals surface area contributed by atoms with Gasteiger partial charge in [0.25, 0.3) is 0 Å². The SMILES string of the molecule is C=CCOC(=O)N[C@H]1C[C@@H](NC(=O)OCc2ccccc2)C[C@@H](OCOC)C1.COCO[C@@H]1C[C@H](NC(=O)OCc2ccccc2)C[C@H](C(=O)O)C1. The first-order valence-corrected chi connectivity index (χ1v) is 17.1. The van der Waals surface area contributed by atoms with Crippen LogP contribution in [-0.4, -0.2) is 94.1 Å². The highest BCUT2D eigenvalue weighted by Crippen LogP contribution is 2.27. The second kappa shape index (κ2) is 23.7. The van der Waals surface area contributed by atoms with E-state index in [-0.39, 0.29) is 63.7 Å². The molecule has 286 valence electrons. The first kappa shape index (κ1) is 41.7. The molecule has 4 N–H and O–H groups in total. The van der Waals surface area contributed by atoms with Crippen LogP contribution >= 0.6 is 0 Å². The third kappa shape index (κ3) is 16.5. The van der Waals surface area contributed by atoms with E-state index in [0.29, 0.717) is 38.5 Å². The Kier molecular flexibility index (Phi) is 19.0. The fraction of sp³-hybridized carbons (Fsp3) is 0.514. The van der Waals surface area contributed by atoms with E-state index in [1.807, 2.05) is 60.7 Å². The molecule has 2 aliphatic carbocycles. The van der Waals surface area contributed by atoms with E-state index in [4.69, 9.17) is 33.2 Å². The van der Waals surface area contributed by atoms with Crippen LogP contribution in [0.4, 0.5) is 14.4 Å². The minimum absolute atomic E-state index is 0.0994. The molecule has 0 radical (unpaired) electrons. The van der Waals surface area contributed by atoms with Crippen molar-refractivity contribution in [3.05, 3.63) is 84.4 Å². The first-order valence-electron chi connectivity index (χ1n) is 17.1. The van der Waals surface area contributed by atoms with Gasteiger partial charge in [0.1, 0.15) is 33.4 Å². The summed E-state index contributed by atoms with van der Waals surface area (Å²) < 4.78 is 36.4. The first-order chi connectivity index (χ1) is 25.2. The molecule has 6 atom stereocenters. The maximum Gasteiger partial charge on any atom is 0.407 e. The number of carboxylic acids is 1. The fourth-order valence-electron chi connectivity index (χ4n) is 5.90. The standard InChI is InChI=1S/C20H28N2O6.C17H23NO6/c1-3-9-26-19(23)21-16-10-17(12-18(11-16)28-14-25-2)22-20(24)27-13-15-7-5-4-6-8-15;1-22-11-24-15-8-13(16(19)20)7-14(9-15)18-17(21)23-10-12-5-3-2-4-6-12/h3-8,16-18H,1,9-14H2,2H3,(H,21,23)(H,22,24);2-6,13-15H,7-11H2,1H3,(H,18,21)(H,19,20)/t16-,17+,18-;13-,14+,15-/m00/s1. The summed E-state index contributed by atoms with van der Waals surface area (Å²) in [5, 5.41) is 17.6. The molecule has 0 spiro atoms. The Bertz CT molecular complexity index is 1370. The Morgan fingerprint density at radius 2 is 1.08 bits per heavy atom. The van der Waals surface area contributed by atoms with Crippen molar-refractivity contribution in [1.82, 2.24) is 16.0 Å². The average molecular weight is 730 g/mol. The van der Waals surface area contributed by atoms with Crippen LogP contribution in [0.25, 0.3) is 0 Å². The van der Waals surface area contributed by atoms with Crippen LogP contribution in [0.15, 0.2) is 73.3 Å². The van der Waals surface area contributed by atoms with Gasteiger partial charge in [-0.25, -0.2) is 14.4 Å². The van der Waals surface area contributed by atoms with Gasteiger partial charge in [-0.3, -0.25) is 4.79 Å². The van der Waals surface area contributed by atoms with Gasteiger partial charge in [-0.15, -0.1) is 0 Å². The van der Waals surface area contributed by atoms with Crippen LogP contribution in [-0.2, 0) is 51.2 Å². The molecule has 52 heavy (non-hydrogen) atoms. The summed E-state index contributed by atoms with van der Waals surface area (Å²) in [6, 6.07) is 18.1. The van der Waals surface area contributed by atoms with Crippen molar-refractivity contribution in [2.75, 3.05) is 34.4 Å². The predicted octanol–water partition coefficient (Wildman–Crippen LogP) is 4.89. The fourth-order valence-corrected chi connectivity index (χ4v) is 5.90. The number of hydrogen-bond acceptors (Lipinski definition) is 11. The number of aliphatic carboxylic acids is 1. The van der Waals surface area contributed by atoms with Crippen LogP contribution < -0.4 is 16.0 Å². The van der Waals surface area contributed by atoms with Gasteiger partial charge in [0.05, 0.1) is 18.1 Å². The lowest BCUT2D eigenvalue weighted by molar-refractivity contribution is -0.148. The van der Waals surface area contributed by atoms with Gasteiger partial charge in [0, 0.05) is 32.3 Å². The highest BCUT2D eigenvalue weighted by molar-refractivity contribution is 5.71. The van der Waals surface area contributed by atoms with Crippen LogP contribution in [0.3, 0.4) is 0 Å². The van der Waals surface area contributed by atoms with E-state index in [9.17, 15) is 24.3 Å². The number of hydrogen-bond donors (Lipinski definition) is 4. The summed E-state index contributed by atoms with van der Waals surface area (Å²) in [6.07, 6.45) is 2.54. The maximum absolute atomic E-state index is 12.2. The Balaban J connectivity index is 0.000000284. The highest BCUT2D eigenvalue weighted by atomic mass is 16.7. The highest BCUT2D eigenvalue weighted by Gasteiger charge is 2.35. The topological polar surface area (TPSA) is 189 Å². The summed E-state index contributed by atoms with van der Waals surface area (Å²) in [5.74, 6) is -1.44. The molecule has 0 unspecified atom stereocenters. The van der Waals surface area contributed by atoms with E-state index in [0.717, 1.165) is 11.1 Å². The zero-order valence-corrected chi connectivity index (χ0v) is 29.7. The van der Waals surface area contributed by atoms with Gasteiger partial charge < -0.3 is 54.2 Å². The number of nitrogens with one attached hydrogen (secondary N) is 3. The molecule has 0 aromatic heterocycles. The molecule has 0 aliphatic heterocycles. The van der Waals surface area contributed by atoms with Gasteiger partial charge in [0.2, 0.25) is 0 Å². The van der Waals surface area contributed by atoms with Crippen LogP contribution in [0.5, 0.6) is 0 Å². The summed E-state index contributed by atoms with van der Waals surface area (Å²) >= 11 is 0. The number of benzene rings is 2. The quantitative estimate of drug-likeness (QED) is 0.104. The van der Waals surface area contributed by atoms with E-state index in [1.54, 1.807) is 7.11 Å². The molecule has 2 aromatic carbocycles. The summed E-state index contributed by atoms with van der Waals surface area (Å²) in [6.45, 7) is 4.25. The Morgan fingerprint density at radius 1 is 0.654 bits per heavy atom. The van der Waals surface area contributed by atoms with Crippen molar-refractivity contribution in [3.63, 3.8) is 0 Å². The zero-order chi connectivity index (χ0) is 37.6. The lowest BCUT2D eigenvalue weighted by atomic mass is 9.84. The Morgan fingerprint density at radius 3 is 1.50 bits per heavy atom. The van der Waals surface area contributed by atoms with Gasteiger partial charge in [-0.2, -0.15) is 0 Å². The minimum Gasteiger partial charge on any atom is -0.481 e. The average Bonchev–Trinajstić information content (AvgIpc) is 3.14. The maximum atomic E-state index is 12.2. The van der Waals surface area contributed by atoms with Crippen LogP contribution in [0.2, 0.25) is 0 Å². The van der Waals surface area contributed by atoms with E-state index in [2.05, 4.69) is 22.5 Å². The van der Waals surface area contributed by atoms with Crippen molar-refractivity contribution in [2.45, 2.75) is 82.1 Å². The second-order valence-corrected chi connectivity index (χ2v) is 12.4. The minimum atomic E-state index is -0.884. The van der Waals surface area contributed by atoms with Crippen LogP contribution in [0.1, 0.15) is 49.7 Å². The largest absolute Gasteiger partial charge is 0.481 e. The third-order valence-electron chi connectivity index (χ3n) is 8.24. The van der Waals surface area contributed by atoms with E-state index < -0.39 is 30.2 Å². The third-order valence-corrected chi connectivity index (χ3v) is 8.24. The number of amides is 3. The number of carbonyl (C=O) groups excluding carboxylic acids is 3. The summed E-state index contributed by atoms with van der Waals surface area (Å²) in [7, 11) is 3.05. The molecule has 0 heterocycles. The van der Waals surface area contributed by atoms with Gasteiger partial charge in [-0.1, -0.05) is 73.3 Å². The van der Waals surface area contributed by atoms with Crippen LogP contribution in [0, 0.1) is 5.92 Å². The molecule has 2 fully saturated rings. The molecule has 15 nitrogen and oxygen atoms in total. The lowest BCUT2D eigenvalue weighted by Gasteiger charge is -2.35. The van der Waals surface area contributed by atoms with E-state index in [1.165, 1.54) is 13.2 Å². The molecule has 2 saturated carbocycles. The number of alkyl carbamates (subject to hydrolysis) is 3. The second-order valence-electron chi connectivity index (χ2n) is 12.4. The molecular weight excluding hydrogens is 678 g/mol. The van der Waals surface area contributed by atoms with Gasteiger partial charge in [-0.05, 0) is 49.7 Å². The Hall–Kier alpha value is -4.70. The van der Waals surface area contributed by atoms with Gasteiger partial charge >= 0.3 is 24.2 Å². The van der Waals surface area contributed by atoms with Crippen molar-refractivity contribution in [1.29, 1.82) is 0 Å². The normalized spacial score (nSPS) is 22.3. The number of rotatable bonds is 16. The zero-order valence-electron chi connectivity index (χ0n) is 29.7. The lowest BCUT2D eigenvalue weighted by Crippen LogP contribution is -2.50. The van der Waals surface area contributed by atoms with Crippen molar-refractivity contribution >= 4 is 24.2 Å². The molecule has 3 amide bonds. The van der Waals surface area contributed by atoms with Crippen molar-refractivity contribution in [2.24, 2.45) is 5.92 Å². The van der Waals surface area contributed by atoms with Gasteiger partial charge in [0.15, 0.2) is 0 Å². The molecule has 4 rings (SSSR count). The molecule has 2 aromatic rings. The monoisotopic (exact) mass is 729 g/mol. The number of carboxylic acid groups (broad SMARTS) is 1. The number of methoxy groups -OCH3 is 2. The number of ether oxygens (including phenoxy) is 7. The number of carbonyl (C=O) groups is 4. The summed E-state index contributed by atoms with van der Waals surface area (Å²) in [5.41, 5.74) is 1.80. The molecule has 0 bridgehead atoms. The van der Waals surface area contributed by atoms with Crippen molar-refractivity contribution < 1.29 is 57.4 Å². The summed E-state index contributed by atoms with van der Waals surface area (Å²) in [4.78, 5) is 47.2. The Labute approximate surface area is 304 Å². The van der Waals surface area contributed by atoms with Crippen molar-refractivity contribution in [3.8, 4) is 0 Å². The molecule has 15 heteroatoms. The molecule has 0 saturated heterocycles.